The summed E-state index contributed by atoms with van der Waals surface area (Å²) >= 11 is 0. The molecule has 108 valence electrons. The maximum atomic E-state index is 6.12. The first-order valence-electron chi connectivity index (χ1n) is 7.16. The first-order chi connectivity index (χ1) is 9.04. The van der Waals surface area contributed by atoms with E-state index >= 15 is 0 Å². The largest absolute Gasteiger partial charge is 0.490 e. The van der Waals surface area contributed by atoms with Gasteiger partial charge in [-0.15, -0.1) is 0 Å². The number of hydrogen-bond donors (Lipinski definition) is 1. The third-order valence-corrected chi connectivity index (χ3v) is 2.90. The summed E-state index contributed by atoms with van der Waals surface area (Å²) in [7, 11) is 0. The molecule has 1 N–H and O–H groups in total. The van der Waals surface area contributed by atoms with Crippen LogP contribution < -0.4 is 14.8 Å². The van der Waals surface area contributed by atoms with E-state index in [4.69, 9.17) is 9.47 Å². The third kappa shape index (κ3) is 5.52. The summed E-state index contributed by atoms with van der Waals surface area (Å²) in [6.07, 6.45) is 0.143. The molecule has 3 heteroatoms. The molecule has 1 aromatic carbocycles. The fraction of sp³-hybridized carbons (Fsp3) is 0.625. The van der Waals surface area contributed by atoms with E-state index in [1.54, 1.807) is 0 Å². The van der Waals surface area contributed by atoms with Crippen molar-refractivity contribution in [3.8, 4) is 11.5 Å². The van der Waals surface area contributed by atoms with Crippen molar-refractivity contribution in [2.75, 3.05) is 13.2 Å². The summed E-state index contributed by atoms with van der Waals surface area (Å²) in [5.74, 6) is 2.09. The molecule has 0 bridgehead atoms. The molecule has 19 heavy (non-hydrogen) atoms. The Morgan fingerprint density at radius 2 is 1.68 bits per heavy atom. The summed E-state index contributed by atoms with van der Waals surface area (Å²) < 4.78 is 11.7. The zero-order valence-corrected chi connectivity index (χ0v) is 12.8. The van der Waals surface area contributed by atoms with E-state index in [1.165, 1.54) is 0 Å². The molecule has 0 heterocycles. The van der Waals surface area contributed by atoms with Gasteiger partial charge in [0.1, 0.15) is 6.10 Å². The minimum atomic E-state index is 0.143. The van der Waals surface area contributed by atoms with Crippen molar-refractivity contribution >= 4 is 0 Å². The predicted octanol–water partition coefficient (Wildman–Crippen LogP) is 3.49. The molecule has 1 aromatic rings. The van der Waals surface area contributed by atoms with Crippen LogP contribution in [0.25, 0.3) is 0 Å². The first kappa shape index (κ1) is 15.8. The first-order valence-corrected chi connectivity index (χ1v) is 7.16. The monoisotopic (exact) mass is 265 g/mol. The molecule has 1 rings (SSSR count). The second-order valence-electron chi connectivity index (χ2n) is 5.34. The highest BCUT2D eigenvalue weighted by Gasteiger charge is 2.17. The third-order valence-electron chi connectivity index (χ3n) is 2.90. The van der Waals surface area contributed by atoms with Crippen molar-refractivity contribution < 1.29 is 9.47 Å². The molecule has 0 fully saturated rings. The van der Waals surface area contributed by atoms with Gasteiger partial charge in [-0.1, -0.05) is 39.8 Å². The van der Waals surface area contributed by atoms with Crippen LogP contribution in [0.1, 0.15) is 34.6 Å². The van der Waals surface area contributed by atoms with Crippen LogP contribution in [0.3, 0.4) is 0 Å². The number of rotatable bonds is 8. The molecule has 0 aliphatic heterocycles. The molecule has 1 unspecified atom stereocenters. The lowest BCUT2D eigenvalue weighted by Gasteiger charge is -2.25. The van der Waals surface area contributed by atoms with Gasteiger partial charge < -0.3 is 14.8 Å². The van der Waals surface area contributed by atoms with Crippen LogP contribution in [0, 0.1) is 5.92 Å². The molecule has 0 saturated heterocycles. The lowest BCUT2D eigenvalue weighted by Crippen LogP contribution is -2.38. The Morgan fingerprint density at radius 1 is 1.05 bits per heavy atom. The molecule has 0 aromatic heterocycles. The zero-order chi connectivity index (χ0) is 14.3. The SMILES string of the molecule is CCOc1ccccc1OC(CNC(C)C)C(C)C. The van der Waals surface area contributed by atoms with E-state index in [0.717, 1.165) is 18.0 Å². The van der Waals surface area contributed by atoms with Gasteiger partial charge in [-0.25, -0.2) is 0 Å². The van der Waals surface area contributed by atoms with Crippen molar-refractivity contribution in [1.82, 2.24) is 5.32 Å². The highest BCUT2D eigenvalue weighted by Crippen LogP contribution is 2.28. The maximum Gasteiger partial charge on any atom is 0.161 e. The zero-order valence-electron chi connectivity index (χ0n) is 12.8. The van der Waals surface area contributed by atoms with Crippen molar-refractivity contribution in [2.45, 2.75) is 46.8 Å². The average molecular weight is 265 g/mol. The van der Waals surface area contributed by atoms with Gasteiger partial charge in [0, 0.05) is 12.6 Å². The van der Waals surface area contributed by atoms with E-state index in [9.17, 15) is 0 Å². The molecule has 0 radical (unpaired) electrons. The van der Waals surface area contributed by atoms with Gasteiger partial charge in [0.05, 0.1) is 6.61 Å². The highest BCUT2D eigenvalue weighted by atomic mass is 16.5. The fourth-order valence-electron chi connectivity index (χ4n) is 1.75. The molecule has 3 nitrogen and oxygen atoms in total. The number of hydrogen-bond acceptors (Lipinski definition) is 3. The van der Waals surface area contributed by atoms with E-state index in [0.29, 0.717) is 18.6 Å². The van der Waals surface area contributed by atoms with Crippen molar-refractivity contribution in [2.24, 2.45) is 5.92 Å². The Morgan fingerprint density at radius 3 is 2.21 bits per heavy atom. The van der Waals surface area contributed by atoms with Gasteiger partial charge in [-0.05, 0) is 25.0 Å². The standard InChI is InChI=1S/C16H27NO2/c1-6-18-14-9-7-8-10-15(14)19-16(12(2)3)11-17-13(4)5/h7-10,12-13,16-17H,6,11H2,1-5H3. The number of benzene rings is 1. The van der Waals surface area contributed by atoms with E-state index in [1.807, 2.05) is 31.2 Å². The van der Waals surface area contributed by atoms with Gasteiger partial charge in [0.25, 0.3) is 0 Å². The Balaban J connectivity index is 2.72. The van der Waals surface area contributed by atoms with Gasteiger partial charge in [0.2, 0.25) is 0 Å². The molecule has 0 saturated carbocycles. The van der Waals surface area contributed by atoms with Gasteiger partial charge in [-0.2, -0.15) is 0 Å². The average Bonchev–Trinajstić information content (AvgIpc) is 2.36. The highest BCUT2D eigenvalue weighted by molar-refractivity contribution is 5.39. The van der Waals surface area contributed by atoms with Crippen LogP contribution in [0.2, 0.25) is 0 Å². The summed E-state index contributed by atoms with van der Waals surface area (Å²) in [5.41, 5.74) is 0. The normalized spacial score (nSPS) is 12.8. The lowest BCUT2D eigenvalue weighted by atomic mass is 10.1. The Kier molecular flexibility index (Phi) is 6.71. The second kappa shape index (κ2) is 8.05. The van der Waals surface area contributed by atoms with Crippen LogP contribution in [0.5, 0.6) is 11.5 Å². The van der Waals surface area contributed by atoms with Crippen LogP contribution in [-0.2, 0) is 0 Å². The topological polar surface area (TPSA) is 30.5 Å². The predicted molar refractivity (Wildman–Crippen MR) is 80.0 cm³/mol. The molecular formula is C16H27NO2. The Labute approximate surface area is 117 Å². The maximum absolute atomic E-state index is 6.12. The molecule has 0 amide bonds. The van der Waals surface area contributed by atoms with E-state index in [2.05, 4.69) is 33.0 Å². The van der Waals surface area contributed by atoms with Gasteiger partial charge in [-0.3, -0.25) is 0 Å². The molecular weight excluding hydrogens is 238 g/mol. The van der Waals surface area contributed by atoms with E-state index in [-0.39, 0.29) is 6.10 Å². The number of nitrogens with one attached hydrogen (secondary N) is 1. The smallest absolute Gasteiger partial charge is 0.161 e. The molecule has 0 aliphatic carbocycles. The Bertz CT molecular complexity index is 364. The van der Waals surface area contributed by atoms with Gasteiger partial charge >= 0.3 is 0 Å². The van der Waals surface area contributed by atoms with Gasteiger partial charge in [0.15, 0.2) is 11.5 Å². The van der Waals surface area contributed by atoms with Crippen LogP contribution in [0.4, 0.5) is 0 Å². The van der Waals surface area contributed by atoms with Crippen LogP contribution in [-0.4, -0.2) is 25.3 Å². The van der Waals surface area contributed by atoms with Crippen LogP contribution in [0.15, 0.2) is 24.3 Å². The van der Waals surface area contributed by atoms with Crippen molar-refractivity contribution in [1.29, 1.82) is 0 Å². The summed E-state index contributed by atoms with van der Waals surface area (Å²) in [6.45, 7) is 12.1. The molecule has 1 atom stereocenters. The number of para-hydroxylation sites is 2. The molecule has 0 aliphatic rings. The summed E-state index contributed by atoms with van der Waals surface area (Å²) in [6, 6.07) is 8.33. The van der Waals surface area contributed by atoms with Crippen LogP contribution >= 0.6 is 0 Å². The summed E-state index contributed by atoms with van der Waals surface area (Å²) in [4.78, 5) is 0. The Hall–Kier alpha value is -1.22. The number of ether oxygens (including phenoxy) is 2. The quantitative estimate of drug-likeness (QED) is 0.780. The minimum Gasteiger partial charge on any atom is -0.490 e. The van der Waals surface area contributed by atoms with Crippen molar-refractivity contribution in [3.05, 3.63) is 24.3 Å². The lowest BCUT2D eigenvalue weighted by molar-refractivity contribution is 0.139. The fourth-order valence-corrected chi connectivity index (χ4v) is 1.75. The van der Waals surface area contributed by atoms with E-state index < -0.39 is 0 Å². The minimum absolute atomic E-state index is 0.143. The van der Waals surface area contributed by atoms with Crippen molar-refractivity contribution in [3.63, 3.8) is 0 Å². The second-order valence-corrected chi connectivity index (χ2v) is 5.34. The molecule has 0 spiro atoms. The summed E-state index contributed by atoms with van der Waals surface area (Å²) in [5, 5.41) is 3.43.